The molecule has 0 aromatic heterocycles. The van der Waals surface area contributed by atoms with Crippen LogP contribution in [0.15, 0.2) is 0 Å². The lowest BCUT2D eigenvalue weighted by Gasteiger charge is -2.23. The minimum absolute atomic E-state index is 0.0167. The average Bonchev–Trinajstić information content (AvgIpc) is 2.12. The molecule has 0 rings (SSSR count). The predicted octanol–water partition coefficient (Wildman–Crippen LogP) is 0.479. The number of ether oxygens (including phenoxy) is 2. The van der Waals surface area contributed by atoms with E-state index in [9.17, 15) is 9.59 Å². The van der Waals surface area contributed by atoms with E-state index in [1.54, 1.807) is 13.8 Å². The number of rotatable bonds is 5. The summed E-state index contributed by atoms with van der Waals surface area (Å²) in [6.45, 7) is 6.76. The lowest BCUT2D eigenvalue weighted by Crippen LogP contribution is -2.51. The molecule has 0 aromatic carbocycles. The van der Waals surface area contributed by atoms with Crippen molar-refractivity contribution in [3.05, 3.63) is 0 Å². The first-order valence-electron chi connectivity index (χ1n) is 4.80. The summed E-state index contributed by atoms with van der Waals surface area (Å²) >= 11 is 0. The Morgan fingerprint density at radius 3 is 2.27 bits per heavy atom. The van der Waals surface area contributed by atoms with Gasteiger partial charge in [-0.25, -0.2) is 4.79 Å². The van der Waals surface area contributed by atoms with E-state index in [0.29, 0.717) is 0 Å². The van der Waals surface area contributed by atoms with E-state index in [0.717, 1.165) is 0 Å². The van der Waals surface area contributed by atoms with Crippen molar-refractivity contribution in [2.75, 3.05) is 13.7 Å². The van der Waals surface area contributed by atoms with Crippen molar-refractivity contribution in [3.63, 3.8) is 0 Å². The van der Waals surface area contributed by atoms with Crippen molar-refractivity contribution >= 4 is 11.9 Å². The van der Waals surface area contributed by atoms with Crippen molar-refractivity contribution in [1.82, 2.24) is 5.32 Å². The van der Waals surface area contributed by atoms with E-state index in [4.69, 9.17) is 4.74 Å². The number of hydrogen-bond donors (Lipinski definition) is 1. The van der Waals surface area contributed by atoms with Gasteiger partial charge in [0, 0.05) is 0 Å². The Morgan fingerprint density at radius 2 is 1.87 bits per heavy atom. The van der Waals surface area contributed by atoms with Gasteiger partial charge in [-0.3, -0.25) is 4.79 Å². The van der Waals surface area contributed by atoms with Crippen LogP contribution in [0.1, 0.15) is 27.7 Å². The highest BCUT2D eigenvalue weighted by Crippen LogP contribution is 2.04. The summed E-state index contributed by atoms with van der Waals surface area (Å²) in [5.41, 5.74) is -1.02. The Kier molecular flexibility index (Phi) is 5.28. The number of amides is 1. The first kappa shape index (κ1) is 13.9. The molecule has 0 spiro atoms. The number of hydrogen-bond acceptors (Lipinski definition) is 4. The first-order valence-corrected chi connectivity index (χ1v) is 4.80. The second-order valence-electron chi connectivity index (χ2n) is 4.02. The normalized spacial score (nSPS) is 11.3. The second-order valence-corrected chi connectivity index (χ2v) is 4.02. The molecule has 0 saturated carbocycles. The van der Waals surface area contributed by atoms with Crippen LogP contribution in [0.4, 0.5) is 0 Å². The van der Waals surface area contributed by atoms with Gasteiger partial charge in [0.15, 0.2) is 0 Å². The molecule has 0 fully saturated rings. The highest BCUT2D eigenvalue weighted by Gasteiger charge is 2.30. The summed E-state index contributed by atoms with van der Waals surface area (Å²) in [5, 5.41) is 2.52. The molecule has 0 unspecified atom stereocenters. The number of esters is 1. The molecular weight excluding hydrogens is 198 g/mol. The lowest BCUT2D eigenvalue weighted by atomic mass is 10.1. The van der Waals surface area contributed by atoms with Crippen LogP contribution in [0.2, 0.25) is 0 Å². The van der Waals surface area contributed by atoms with Crippen LogP contribution in [0, 0.1) is 0 Å². The van der Waals surface area contributed by atoms with Crippen molar-refractivity contribution < 1.29 is 19.1 Å². The topological polar surface area (TPSA) is 64.6 Å². The Labute approximate surface area is 90.1 Å². The van der Waals surface area contributed by atoms with Gasteiger partial charge >= 0.3 is 5.97 Å². The third kappa shape index (κ3) is 5.37. The molecule has 5 nitrogen and oxygen atoms in total. The van der Waals surface area contributed by atoms with Gasteiger partial charge in [0.1, 0.15) is 12.1 Å². The molecule has 0 aliphatic carbocycles. The third-order valence-corrected chi connectivity index (χ3v) is 1.70. The maximum Gasteiger partial charge on any atom is 0.330 e. The van der Waals surface area contributed by atoms with Gasteiger partial charge in [0.05, 0.1) is 13.2 Å². The highest BCUT2D eigenvalue weighted by atomic mass is 16.5. The number of carbonyl (C=O) groups excluding carboxylic acids is 2. The smallest absolute Gasteiger partial charge is 0.330 e. The van der Waals surface area contributed by atoms with Gasteiger partial charge in [-0.15, -0.1) is 0 Å². The fraction of sp³-hybridized carbons (Fsp3) is 0.800. The molecular formula is C10H19NO4. The summed E-state index contributed by atoms with van der Waals surface area (Å²) in [6.07, 6.45) is -0.0167. The van der Waals surface area contributed by atoms with E-state index < -0.39 is 11.5 Å². The third-order valence-electron chi connectivity index (χ3n) is 1.70. The lowest BCUT2D eigenvalue weighted by molar-refractivity contribution is -0.150. The summed E-state index contributed by atoms with van der Waals surface area (Å²) in [4.78, 5) is 22.6. The van der Waals surface area contributed by atoms with Gasteiger partial charge in [0.25, 0.3) is 0 Å². The Hall–Kier alpha value is -1.10. The quantitative estimate of drug-likeness (QED) is 0.680. The number of nitrogens with one attached hydrogen (secondary N) is 1. The molecule has 0 aromatic rings. The minimum Gasteiger partial charge on any atom is -0.467 e. The van der Waals surface area contributed by atoms with Crippen LogP contribution < -0.4 is 5.32 Å². The number of carbonyl (C=O) groups is 2. The maximum atomic E-state index is 11.3. The van der Waals surface area contributed by atoms with Crippen LogP contribution in [0.25, 0.3) is 0 Å². The Balaban J connectivity index is 4.10. The first-order chi connectivity index (χ1) is 6.79. The molecule has 15 heavy (non-hydrogen) atoms. The minimum atomic E-state index is -1.02. The molecule has 0 radical (unpaired) electrons. The molecule has 0 bridgehead atoms. The SMILES string of the molecule is COC(=O)C(C)(C)NC(=O)COC(C)C. The molecule has 1 amide bonds. The molecule has 0 aliphatic heterocycles. The van der Waals surface area contributed by atoms with Gasteiger partial charge in [0.2, 0.25) is 5.91 Å². The average molecular weight is 217 g/mol. The summed E-state index contributed by atoms with van der Waals surface area (Å²) in [6, 6.07) is 0. The molecule has 1 N–H and O–H groups in total. The van der Waals surface area contributed by atoms with Gasteiger partial charge in [-0.1, -0.05) is 0 Å². The van der Waals surface area contributed by atoms with Crippen molar-refractivity contribution in [3.8, 4) is 0 Å². The van der Waals surface area contributed by atoms with Crippen molar-refractivity contribution in [1.29, 1.82) is 0 Å². The largest absolute Gasteiger partial charge is 0.467 e. The maximum absolute atomic E-state index is 11.3. The van der Waals surface area contributed by atoms with E-state index in [1.165, 1.54) is 7.11 Å². The zero-order chi connectivity index (χ0) is 12.1. The second kappa shape index (κ2) is 5.70. The molecule has 0 aliphatic rings. The summed E-state index contributed by atoms with van der Waals surface area (Å²) in [7, 11) is 1.28. The molecule has 0 atom stereocenters. The van der Waals surface area contributed by atoms with Gasteiger partial charge < -0.3 is 14.8 Å². The van der Waals surface area contributed by atoms with Crippen molar-refractivity contribution in [2.45, 2.75) is 39.3 Å². The van der Waals surface area contributed by atoms with Crippen LogP contribution in [-0.4, -0.2) is 37.2 Å². The van der Waals surface area contributed by atoms with Crippen LogP contribution in [0.3, 0.4) is 0 Å². The predicted molar refractivity (Wildman–Crippen MR) is 55.3 cm³/mol. The van der Waals surface area contributed by atoms with Gasteiger partial charge in [-0.2, -0.15) is 0 Å². The molecule has 5 heteroatoms. The van der Waals surface area contributed by atoms with Crippen molar-refractivity contribution in [2.24, 2.45) is 0 Å². The summed E-state index contributed by atoms with van der Waals surface area (Å²) in [5.74, 6) is -0.820. The molecule has 0 heterocycles. The summed E-state index contributed by atoms with van der Waals surface area (Å²) < 4.78 is 9.65. The van der Waals surface area contributed by atoms with E-state index in [-0.39, 0.29) is 18.6 Å². The molecule has 0 saturated heterocycles. The zero-order valence-electron chi connectivity index (χ0n) is 9.92. The highest BCUT2D eigenvalue weighted by molar-refractivity contribution is 5.87. The van der Waals surface area contributed by atoms with Crippen LogP contribution >= 0.6 is 0 Å². The standard InChI is InChI=1S/C10H19NO4/c1-7(2)15-6-8(12)11-10(3,4)9(13)14-5/h7H,6H2,1-5H3,(H,11,12). The Bertz CT molecular complexity index is 236. The fourth-order valence-corrected chi connectivity index (χ4v) is 0.933. The monoisotopic (exact) mass is 217 g/mol. The van der Waals surface area contributed by atoms with E-state index in [2.05, 4.69) is 10.1 Å². The Morgan fingerprint density at radius 1 is 1.33 bits per heavy atom. The molecule has 88 valence electrons. The zero-order valence-corrected chi connectivity index (χ0v) is 9.92. The van der Waals surface area contributed by atoms with E-state index in [1.807, 2.05) is 13.8 Å². The fourth-order valence-electron chi connectivity index (χ4n) is 0.933. The number of methoxy groups -OCH3 is 1. The van der Waals surface area contributed by atoms with Crippen LogP contribution in [0.5, 0.6) is 0 Å². The van der Waals surface area contributed by atoms with Gasteiger partial charge in [-0.05, 0) is 27.7 Å². The van der Waals surface area contributed by atoms with Crippen LogP contribution in [-0.2, 0) is 19.1 Å². The van der Waals surface area contributed by atoms with E-state index >= 15 is 0 Å².